The molecule has 14 heavy (non-hydrogen) atoms. The lowest BCUT2D eigenvalue weighted by Crippen LogP contribution is -1.84. The minimum atomic E-state index is 0.491. The molecule has 0 amide bonds. The van der Waals surface area contributed by atoms with Gasteiger partial charge in [-0.2, -0.15) is 0 Å². The molecule has 2 aromatic rings. The number of rotatable bonds is 2. The zero-order chi connectivity index (χ0) is 10.1. The fraction of sp³-hybridized carbons (Fsp3) is 0.364. The Bertz CT molecular complexity index is 428. The number of furan rings is 1. The molecule has 3 heteroatoms. The quantitative estimate of drug-likeness (QED) is 0.748. The fourth-order valence-electron chi connectivity index (χ4n) is 1.24. The van der Waals surface area contributed by atoms with Crippen LogP contribution in [-0.4, -0.2) is 4.98 Å². The van der Waals surface area contributed by atoms with E-state index in [2.05, 4.69) is 18.8 Å². The number of aromatic nitrogens is 1. The molecular weight excluding hydrogens is 194 g/mol. The highest BCUT2D eigenvalue weighted by Crippen LogP contribution is 2.27. The lowest BCUT2D eigenvalue weighted by atomic mass is 10.2. The van der Waals surface area contributed by atoms with Crippen LogP contribution in [0.1, 0.15) is 30.5 Å². The van der Waals surface area contributed by atoms with Crippen LogP contribution in [0.15, 0.2) is 21.9 Å². The Morgan fingerprint density at radius 1 is 1.36 bits per heavy atom. The van der Waals surface area contributed by atoms with Gasteiger partial charge in [-0.1, -0.05) is 13.8 Å². The zero-order valence-corrected chi connectivity index (χ0v) is 9.39. The minimum absolute atomic E-state index is 0.491. The largest absolute Gasteiger partial charge is 0.460 e. The molecular formula is C11H13NOS. The number of hydrogen-bond acceptors (Lipinski definition) is 3. The molecule has 0 bridgehead atoms. The van der Waals surface area contributed by atoms with Crippen molar-refractivity contribution in [2.45, 2.75) is 26.7 Å². The van der Waals surface area contributed by atoms with E-state index in [-0.39, 0.29) is 0 Å². The van der Waals surface area contributed by atoms with Gasteiger partial charge in [-0.25, -0.2) is 4.98 Å². The molecule has 0 unspecified atom stereocenters. The van der Waals surface area contributed by atoms with Gasteiger partial charge in [-0.05, 0) is 19.1 Å². The molecule has 0 saturated carbocycles. The predicted molar refractivity (Wildman–Crippen MR) is 58.6 cm³/mol. The van der Waals surface area contributed by atoms with Crippen LogP contribution in [0.4, 0.5) is 0 Å². The SMILES string of the molecule is Cc1ccc(-c2csc(C(C)C)n2)o1. The first kappa shape index (κ1) is 9.46. The fourth-order valence-corrected chi connectivity index (χ4v) is 2.06. The molecule has 2 aromatic heterocycles. The normalized spacial score (nSPS) is 11.1. The van der Waals surface area contributed by atoms with Crippen LogP contribution in [0, 0.1) is 6.92 Å². The zero-order valence-electron chi connectivity index (χ0n) is 8.57. The van der Waals surface area contributed by atoms with E-state index < -0.39 is 0 Å². The van der Waals surface area contributed by atoms with Crippen LogP contribution in [0.5, 0.6) is 0 Å². The van der Waals surface area contributed by atoms with E-state index in [0.29, 0.717) is 5.92 Å². The second-order valence-electron chi connectivity index (χ2n) is 3.64. The average molecular weight is 207 g/mol. The Morgan fingerprint density at radius 2 is 2.14 bits per heavy atom. The molecule has 2 heterocycles. The summed E-state index contributed by atoms with van der Waals surface area (Å²) in [7, 11) is 0. The topological polar surface area (TPSA) is 26.0 Å². The van der Waals surface area contributed by atoms with E-state index in [0.717, 1.165) is 22.2 Å². The molecule has 0 fully saturated rings. The first-order valence-corrected chi connectivity index (χ1v) is 5.57. The molecule has 0 radical (unpaired) electrons. The van der Waals surface area contributed by atoms with E-state index in [1.807, 2.05) is 24.4 Å². The number of aryl methyl sites for hydroxylation is 1. The van der Waals surface area contributed by atoms with Gasteiger partial charge in [0.15, 0.2) is 5.76 Å². The van der Waals surface area contributed by atoms with Crippen molar-refractivity contribution in [3.8, 4) is 11.5 Å². The van der Waals surface area contributed by atoms with E-state index in [1.165, 1.54) is 0 Å². The molecule has 0 aliphatic carbocycles. The third-order valence-corrected chi connectivity index (χ3v) is 3.15. The van der Waals surface area contributed by atoms with Gasteiger partial charge >= 0.3 is 0 Å². The molecule has 0 saturated heterocycles. The van der Waals surface area contributed by atoms with Gasteiger partial charge in [-0.3, -0.25) is 0 Å². The van der Waals surface area contributed by atoms with Crippen molar-refractivity contribution < 1.29 is 4.42 Å². The molecule has 0 N–H and O–H groups in total. The van der Waals surface area contributed by atoms with Gasteiger partial charge in [0.25, 0.3) is 0 Å². The summed E-state index contributed by atoms with van der Waals surface area (Å²) >= 11 is 1.69. The van der Waals surface area contributed by atoms with Crippen molar-refractivity contribution in [2.24, 2.45) is 0 Å². The van der Waals surface area contributed by atoms with Crippen LogP contribution in [0.2, 0.25) is 0 Å². The molecule has 0 spiro atoms. The van der Waals surface area contributed by atoms with E-state index in [9.17, 15) is 0 Å². The van der Waals surface area contributed by atoms with E-state index in [1.54, 1.807) is 11.3 Å². The van der Waals surface area contributed by atoms with Gasteiger partial charge < -0.3 is 4.42 Å². The van der Waals surface area contributed by atoms with Crippen molar-refractivity contribution >= 4 is 11.3 Å². The van der Waals surface area contributed by atoms with Crippen molar-refractivity contribution in [1.82, 2.24) is 4.98 Å². The highest BCUT2D eigenvalue weighted by Gasteiger charge is 2.09. The second-order valence-corrected chi connectivity index (χ2v) is 4.53. The smallest absolute Gasteiger partial charge is 0.153 e. The van der Waals surface area contributed by atoms with Crippen molar-refractivity contribution in [3.63, 3.8) is 0 Å². The molecule has 2 nitrogen and oxygen atoms in total. The summed E-state index contributed by atoms with van der Waals surface area (Å²) in [5.74, 6) is 2.29. The first-order valence-electron chi connectivity index (χ1n) is 4.69. The van der Waals surface area contributed by atoms with Crippen LogP contribution in [0.25, 0.3) is 11.5 Å². The Hall–Kier alpha value is -1.09. The number of hydrogen-bond donors (Lipinski definition) is 0. The Morgan fingerprint density at radius 3 is 2.64 bits per heavy atom. The van der Waals surface area contributed by atoms with Crippen LogP contribution < -0.4 is 0 Å². The average Bonchev–Trinajstić information content (AvgIpc) is 2.70. The highest BCUT2D eigenvalue weighted by molar-refractivity contribution is 7.10. The summed E-state index contributed by atoms with van der Waals surface area (Å²) in [6, 6.07) is 3.93. The van der Waals surface area contributed by atoms with Gasteiger partial charge in [0.05, 0.1) is 5.01 Å². The van der Waals surface area contributed by atoms with Crippen molar-refractivity contribution in [1.29, 1.82) is 0 Å². The van der Waals surface area contributed by atoms with Crippen LogP contribution >= 0.6 is 11.3 Å². The molecule has 0 atom stereocenters. The van der Waals surface area contributed by atoms with Crippen molar-refractivity contribution in [2.75, 3.05) is 0 Å². The maximum absolute atomic E-state index is 5.51. The van der Waals surface area contributed by atoms with Crippen molar-refractivity contribution in [3.05, 3.63) is 28.3 Å². The molecule has 0 aromatic carbocycles. The summed E-state index contributed by atoms with van der Waals surface area (Å²) < 4.78 is 5.51. The summed E-state index contributed by atoms with van der Waals surface area (Å²) in [5.41, 5.74) is 0.951. The van der Waals surface area contributed by atoms with Gasteiger partial charge in [-0.15, -0.1) is 11.3 Å². The van der Waals surface area contributed by atoms with Crippen LogP contribution in [-0.2, 0) is 0 Å². The monoisotopic (exact) mass is 207 g/mol. The summed E-state index contributed by atoms with van der Waals surface area (Å²) in [6.45, 7) is 6.24. The lowest BCUT2D eigenvalue weighted by molar-refractivity contribution is 0.546. The molecule has 74 valence electrons. The van der Waals surface area contributed by atoms with Gasteiger partial charge in [0.1, 0.15) is 11.5 Å². The van der Waals surface area contributed by atoms with E-state index in [4.69, 9.17) is 4.42 Å². The maximum Gasteiger partial charge on any atom is 0.153 e. The maximum atomic E-state index is 5.51. The number of thiazole rings is 1. The third kappa shape index (κ3) is 1.73. The standard InChI is InChI=1S/C11H13NOS/c1-7(2)11-12-9(6-14-11)10-5-4-8(3)13-10/h4-7H,1-3H3. The summed E-state index contributed by atoms with van der Waals surface area (Å²) in [4.78, 5) is 4.52. The molecule has 0 aliphatic heterocycles. The minimum Gasteiger partial charge on any atom is -0.460 e. The van der Waals surface area contributed by atoms with Gasteiger partial charge in [0, 0.05) is 11.3 Å². The Balaban J connectivity index is 2.33. The van der Waals surface area contributed by atoms with Gasteiger partial charge in [0.2, 0.25) is 0 Å². The third-order valence-electron chi connectivity index (χ3n) is 2.01. The molecule has 0 aliphatic rings. The summed E-state index contributed by atoms with van der Waals surface area (Å²) in [5, 5.41) is 3.21. The van der Waals surface area contributed by atoms with Crippen LogP contribution in [0.3, 0.4) is 0 Å². The highest BCUT2D eigenvalue weighted by atomic mass is 32.1. The Labute approximate surface area is 87.6 Å². The second kappa shape index (κ2) is 3.58. The van der Waals surface area contributed by atoms with E-state index >= 15 is 0 Å². The predicted octanol–water partition coefficient (Wildman–Crippen LogP) is 3.83. The first-order chi connectivity index (χ1) is 6.66. The molecule has 2 rings (SSSR count). The Kier molecular flexibility index (Phi) is 2.42. The lowest BCUT2D eigenvalue weighted by Gasteiger charge is -1.95. The number of nitrogens with zero attached hydrogens (tertiary/aromatic N) is 1. The summed E-state index contributed by atoms with van der Waals surface area (Å²) in [6.07, 6.45) is 0.